The van der Waals surface area contributed by atoms with Crippen LogP contribution in [0.15, 0.2) is 0 Å². The molecule has 0 saturated carbocycles. The predicted octanol–water partition coefficient (Wildman–Crippen LogP) is 0.708. The van der Waals surface area contributed by atoms with Gasteiger partial charge in [0.25, 0.3) is 6.43 Å². The SMILES string of the molecule is CC(C)C(=O)N1CCNCC1C(F)F. The molecule has 1 unspecified atom stereocenters. The molecule has 5 heteroatoms. The number of alkyl halides is 2. The molecule has 1 saturated heterocycles. The summed E-state index contributed by atoms with van der Waals surface area (Å²) in [5.41, 5.74) is 0. The Labute approximate surface area is 82.5 Å². The van der Waals surface area contributed by atoms with E-state index in [1.54, 1.807) is 13.8 Å². The van der Waals surface area contributed by atoms with Crippen LogP contribution in [-0.2, 0) is 4.79 Å². The maximum atomic E-state index is 12.6. The minimum atomic E-state index is -2.47. The van der Waals surface area contributed by atoms with E-state index in [4.69, 9.17) is 0 Å². The molecular formula is C9H16F2N2O. The summed E-state index contributed by atoms with van der Waals surface area (Å²) in [7, 11) is 0. The van der Waals surface area contributed by atoms with Crippen LogP contribution in [0.3, 0.4) is 0 Å². The molecule has 0 aromatic carbocycles. The summed E-state index contributed by atoms with van der Waals surface area (Å²) < 4.78 is 25.1. The zero-order valence-electron chi connectivity index (χ0n) is 8.46. The molecular weight excluding hydrogens is 190 g/mol. The minimum Gasteiger partial charge on any atom is -0.331 e. The summed E-state index contributed by atoms with van der Waals surface area (Å²) in [6, 6.07) is -0.960. The molecule has 14 heavy (non-hydrogen) atoms. The lowest BCUT2D eigenvalue weighted by atomic mass is 10.1. The Balaban J connectivity index is 2.67. The van der Waals surface area contributed by atoms with Gasteiger partial charge in [-0.25, -0.2) is 8.78 Å². The van der Waals surface area contributed by atoms with Gasteiger partial charge in [0.2, 0.25) is 5.91 Å². The first-order valence-corrected chi connectivity index (χ1v) is 4.83. The van der Waals surface area contributed by atoms with E-state index in [1.165, 1.54) is 4.90 Å². The molecule has 0 aromatic rings. The van der Waals surface area contributed by atoms with E-state index in [1.807, 2.05) is 0 Å². The summed E-state index contributed by atoms with van der Waals surface area (Å²) in [6.07, 6.45) is -2.47. The Hall–Kier alpha value is -0.710. The Morgan fingerprint density at radius 2 is 2.14 bits per heavy atom. The first-order valence-electron chi connectivity index (χ1n) is 4.83. The van der Waals surface area contributed by atoms with Gasteiger partial charge >= 0.3 is 0 Å². The maximum Gasteiger partial charge on any atom is 0.259 e. The smallest absolute Gasteiger partial charge is 0.259 e. The van der Waals surface area contributed by atoms with Crippen LogP contribution in [0.1, 0.15) is 13.8 Å². The molecule has 0 spiro atoms. The van der Waals surface area contributed by atoms with E-state index < -0.39 is 12.5 Å². The lowest BCUT2D eigenvalue weighted by Gasteiger charge is -2.36. The molecule has 1 aliphatic heterocycles. The molecule has 1 heterocycles. The molecule has 1 atom stereocenters. The predicted molar refractivity (Wildman–Crippen MR) is 49.2 cm³/mol. The first-order chi connectivity index (χ1) is 6.54. The van der Waals surface area contributed by atoms with Crippen LogP contribution in [0.2, 0.25) is 0 Å². The van der Waals surface area contributed by atoms with Gasteiger partial charge < -0.3 is 10.2 Å². The average molecular weight is 206 g/mol. The second-order valence-corrected chi connectivity index (χ2v) is 3.79. The first kappa shape index (κ1) is 11.4. The molecule has 1 aliphatic rings. The largest absolute Gasteiger partial charge is 0.331 e. The number of piperazine rings is 1. The van der Waals surface area contributed by atoms with Crippen molar-refractivity contribution in [2.45, 2.75) is 26.3 Å². The van der Waals surface area contributed by atoms with Crippen LogP contribution in [-0.4, -0.2) is 42.9 Å². The van der Waals surface area contributed by atoms with Crippen molar-refractivity contribution in [3.63, 3.8) is 0 Å². The zero-order valence-corrected chi connectivity index (χ0v) is 8.46. The topological polar surface area (TPSA) is 32.3 Å². The van der Waals surface area contributed by atoms with Gasteiger partial charge in [0.1, 0.15) is 6.04 Å². The third kappa shape index (κ3) is 2.41. The standard InChI is InChI=1S/C9H16F2N2O/c1-6(2)9(14)13-4-3-12-5-7(13)8(10)11/h6-8,12H,3-5H2,1-2H3. The molecule has 1 amide bonds. The van der Waals surface area contributed by atoms with E-state index in [0.29, 0.717) is 13.1 Å². The third-order valence-corrected chi connectivity index (χ3v) is 2.35. The summed E-state index contributed by atoms with van der Waals surface area (Å²) in [4.78, 5) is 12.9. The second-order valence-electron chi connectivity index (χ2n) is 3.79. The number of carbonyl (C=O) groups is 1. The number of amides is 1. The Bertz CT molecular complexity index is 209. The fourth-order valence-electron chi connectivity index (χ4n) is 1.56. The molecule has 0 aliphatic carbocycles. The highest BCUT2D eigenvalue weighted by Gasteiger charge is 2.33. The summed E-state index contributed by atoms with van der Waals surface area (Å²) in [5.74, 6) is -0.397. The lowest BCUT2D eigenvalue weighted by molar-refractivity contribution is -0.141. The number of hydrogen-bond donors (Lipinski definition) is 1. The molecule has 3 nitrogen and oxygen atoms in total. The lowest BCUT2D eigenvalue weighted by Crippen LogP contribution is -2.57. The Morgan fingerprint density at radius 3 is 2.64 bits per heavy atom. The third-order valence-electron chi connectivity index (χ3n) is 2.35. The summed E-state index contributed by atoms with van der Waals surface area (Å²) >= 11 is 0. The van der Waals surface area contributed by atoms with E-state index >= 15 is 0 Å². The fourth-order valence-corrected chi connectivity index (χ4v) is 1.56. The van der Waals surface area contributed by atoms with Crippen LogP contribution >= 0.6 is 0 Å². The van der Waals surface area contributed by atoms with Crippen molar-refractivity contribution < 1.29 is 13.6 Å². The molecule has 1 rings (SSSR count). The van der Waals surface area contributed by atoms with Gasteiger partial charge in [0.15, 0.2) is 0 Å². The van der Waals surface area contributed by atoms with Gasteiger partial charge in [-0.15, -0.1) is 0 Å². The van der Waals surface area contributed by atoms with Crippen molar-refractivity contribution in [2.75, 3.05) is 19.6 Å². The average Bonchev–Trinajstić information content (AvgIpc) is 2.16. The van der Waals surface area contributed by atoms with E-state index in [-0.39, 0.29) is 18.4 Å². The number of nitrogens with zero attached hydrogens (tertiary/aromatic N) is 1. The van der Waals surface area contributed by atoms with Crippen molar-refractivity contribution in [1.82, 2.24) is 10.2 Å². The molecule has 0 bridgehead atoms. The highest BCUT2D eigenvalue weighted by Crippen LogP contribution is 2.14. The Kier molecular flexibility index (Phi) is 3.80. The molecule has 1 N–H and O–H groups in total. The Morgan fingerprint density at radius 1 is 1.50 bits per heavy atom. The highest BCUT2D eigenvalue weighted by atomic mass is 19.3. The van der Waals surface area contributed by atoms with E-state index in [2.05, 4.69) is 5.32 Å². The number of halogens is 2. The number of rotatable bonds is 2. The fraction of sp³-hybridized carbons (Fsp3) is 0.889. The van der Waals surface area contributed by atoms with Crippen LogP contribution in [0.5, 0.6) is 0 Å². The van der Waals surface area contributed by atoms with Crippen molar-refractivity contribution in [2.24, 2.45) is 5.92 Å². The molecule has 1 fully saturated rings. The summed E-state index contributed by atoms with van der Waals surface area (Å²) in [5, 5.41) is 2.87. The van der Waals surface area contributed by atoms with Gasteiger partial charge in [0.05, 0.1) is 0 Å². The van der Waals surface area contributed by atoms with Gasteiger partial charge in [-0.3, -0.25) is 4.79 Å². The molecule has 0 aromatic heterocycles. The van der Waals surface area contributed by atoms with Crippen molar-refractivity contribution in [3.05, 3.63) is 0 Å². The highest BCUT2D eigenvalue weighted by molar-refractivity contribution is 5.78. The van der Waals surface area contributed by atoms with E-state index in [0.717, 1.165) is 0 Å². The number of nitrogens with one attached hydrogen (secondary N) is 1. The van der Waals surface area contributed by atoms with Crippen molar-refractivity contribution in [3.8, 4) is 0 Å². The normalized spacial score (nSPS) is 23.3. The van der Waals surface area contributed by atoms with Crippen LogP contribution in [0.25, 0.3) is 0 Å². The maximum absolute atomic E-state index is 12.6. The van der Waals surface area contributed by atoms with Gasteiger partial charge in [0, 0.05) is 25.6 Å². The van der Waals surface area contributed by atoms with Gasteiger partial charge in [-0.2, -0.15) is 0 Å². The van der Waals surface area contributed by atoms with Crippen LogP contribution in [0, 0.1) is 5.92 Å². The summed E-state index contributed by atoms with van der Waals surface area (Å²) in [6.45, 7) is 4.63. The van der Waals surface area contributed by atoms with Crippen LogP contribution in [0.4, 0.5) is 8.78 Å². The van der Waals surface area contributed by atoms with Crippen molar-refractivity contribution in [1.29, 1.82) is 0 Å². The molecule has 82 valence electrons. The van der Waals surface area contributed by atoms with Gasteiger partial charge in [-0.1, -0.05) is 13.8 Å². The number of hydrogen-bond acceptors (Lipinski definition) is 2. The molecule has 0 radical (unpaired) electrons. The van der Waals surface area contributed by atoms with Gasteiger partial charge in [-0.05, 0) is 0 Å². The van der Waals surface area contributed by atoms with Crippen molar-refractivity contribution >= 4 is 5.91 Å². The van der Waals surface area contributed by atoms with E-state index in [9.17, 15) is 13.6 Å². The quantitative estimate of drug-likeness (QED) is 0.721. The monoisotopic (exact) mass is 206 g/mol. The van der Waals surface area contributed by atoms with Crippen LogP contribution < -0.4 is 5.32 Å². The second kappa shape index (κ2) is 4.68. The minimum absolute atomic E-state index is 0.184. The number of carbonyl (C=O) groups excluding carboxylic acids is 1. The zero-order chi connectivity index (χ0) is 10.7.